The van der Waals surface area contributed by atoms with E-state index in [0.717, 1.165) is 19.3 Å². The minimum absolute atomic E-state index is 0.204. The summed E-state index contributed by atoms with van der Waals surface area (Å²) in [6.07, 6.45) is 10.7. The van der Waals surface area contributed by atoms with Gasteiger partial charge in [-0.25, -0.2) is 0 Å². The minimum Gasteiger partial charge on any atom is -0.550 e. The number of hydrogen-bond acceptors (Lipinski definition) is 5. The van der Waals surface area contributed by atoms with Crippen molar-refractivity contribution in [2.45, 2.75) is 103 Å². The van der Waals surface area contributed by atoms with Crippen LogP contribution in [0.5, 0.6) is 0 Å². The number of likely N-dealkylation sites (N-methyl/N-ethyl adjacent to an activating group) is 1. The molecule has 0 aliphatic carbocycles. The third-order valence-electron chi connectivity index (χ3n) is 4.75. The quantitative estimate of drug-likeness (QED) is 0.217. The van der Waals surface area contributed by atoms with Crippen LogP contribution in [0.15, 0.2) is 0 Å². The zero-order valence-electron chi connectivity index (χ0n) is 18.6. The van der Waals surface area contributed by atoms with Gasteiger partial charge in [-0.2, -0.15) is 0 Å². The van der Waals surface area contributed by atoms with E-state index in [-0.39, 0.29) is 18.9 Å². The van der Waals surface area contributed by atoms with Gasteiger partial charge in [0, 0.05) is 18.8 Å². The molecule has 0 radical (unpaired) electrons. The molecule has 0 heterocycles. The molecule has 0 saturated heterocycles. The lowest BCUT2D eigenvalue weighted by atomic mass is 10.0. The van der Waals surface area contributed by atoms with Crippen molar-refractivity contribution in [3.63, 3.8) is 0 Å². The summed E-state index contributed by atoms with van der Waals surface area (Å²) in [6, 6.07) is 0. The van der Waals surface area contributed by atoms with Crippen molar-refractivity contribution in [3.05, 3.63) is 0 Å². The number of aliphatic hydroxyl groups is 1. The van der Waals surface area contributed by atoms with E-state index in [1.807, 2.05) is 21.1 Å². The molecule has 1 N–H and O–H groups in total. The number of carboxylic acid groups (broad SMARTS) is 1. The van der Waals surface area contributed by atoms with E-state index in [1.165, 1.54) is 38.5 Å². The average molecular weight is 402 g/mol. The number of carboxylic acids is 1. The SMILES string of the molecule is CCCCCCCCCCC(O)CCCC(=O)OC(CC(=O)[O-])C[N+](C)(C)C. The molecule has 0 aliphatic rings. The van der Waals surface area contributed by atoms with Crippen molar-refractivity contribution in [1.82, 2.24) is 0 Å². The molecular weight excluding hydrogens is 358 g/mol. The minimum atomic E-state index is -1.22. The highest BCUT2D eigenvalue weighted by atomic mass is 16.5. The molecule has 0 amide bonds. The number of carbonyl (C=O) groups is 2. The fourth-order valence-electron chi connectivity index (χ4n) is 3.33. The zero-order valence-corrected chi connectivity index (χ0v) is 18.6. The van der Waals surface area contributed by atoms with Crippen LogP contribution in [-0.2, 0) is 14.3 Å². The molecule has 0 aromatic rings. The van der Waals surface area contributed by atoms with Gasteiger partial charge in [-0.05, 0) is 19.3 Å². The Morgan fingerprint density at radius 3 is 2.00 bits per heavy atom. The summed E-state index contributed by atoms with van der Waals surface area (Å²) >= 11 is 0. The van der Waals surface area contributed by atoms with Gasteiger partial charge in [0.25, 0.3) is 0 Å². The molecular formula is C22H43NO5. The number of esters is 1. The van der Waals surface area contributed by atoms with E-state index < -0.39 is 18.0 Å². The van der Waals surface area contributed by atoms with E-state index in [9.17, 15) is 19.8 Å². The van der Waals surface area contributed by atoms with Gasteiger partial charge in [-0.15, -0.1) is 0 Å². The van der Waals surface area contributed by atoms with Crippen LogP contribution in [0.4, 0.5) is 0 Å². The highest BCUT2D eigenvalue weighted by Gasteiger charge is 2.22. The molecule has 0 rings (SSSR count). The van der Waals surface area contributed by atoms with Gasteiger partial charge in [0.05, 0.1) is 27.2 Å². The van der Waals surface area contributed by atoms with E-state index >= 15 is 0 Å². The zero-order chi connectivity index (χ0) is 21.4. The number of rotatable bonds is 18. The first-order valence-corrected chi connectivity index (χ1v) is 11.0. The molecule has 0 aromatic heterocycles. The standard InChI is InChI=1S/C22H43NO5/c1-5-6-7-8-9-10-11-12-14-19(24)15-13-16-22(27)28-20(17-21(25)26)18-23(2,3)4/h19-20,24H,5-18H2,1-4H3. The lowest BCUT2D eigenvalue weighted by Crippen LogP contribution is -2.45. The van der Waals surface area contributed by atoms with E-state index in [2.05, 4.69) is 6.92 Å². The highest BCUT2D eigenvalue weighted by Crippen LogP contribution is 2.14. The van der Waals surface area contributed by atoms with Crippen LogP contribution >= 0.6 is 0 Å². The van der Waals surface area contributed by atoms with Gasteiger partial charge < -0.3 is 24.2 Å². The maximum atomic E-state index is 12.0. The number of quaternary nitrogens is 1. The first-order chi connectivity index (χ1) is 13.1. The number of carbonyl (C=O) groups excluding carboxylic acids is 2. The Labute approximate surface area is 171 Å². The summed E-state index contributed by atoms with van der Waals surface area (Å²) in [5, 5.41) is 20.9. The summed E-state index contributed by atoms with van der Waals surface area (Å²) in [6.45, 7) is 2.64. The summed E-state index contributed by atoms with van der Waals surface area (Å²) in [7, 11) is 5.74. The molecule has 6 heteroatoms. The van der Waals surface area contributed by atoms with Crippen LogP contribution < -0.4 is 5.11 Å². The Bertz CT molecular complexity index is 420. The highest BCUT2D eigenvalue weighted by molar-refractivity contribution is 5.70. The van der Waals surface area contributed by atoms with Crippen LogP contribution in [0.3, 0.4) is 0 Å². The normalized spacial score (nSPS) is 13.9. The summed E-state index contributed by atoms with van der Waals surface area (Å²) < 4.78 is 5.82. The van der Waals surface area contributed by atoms with Crippen LogP contribution in [0.1, 0.15) is 90.4 Å². The molecule has 0 bridgehead atoms. The molecule has 28 heavy (non-hydrogen) atoms. The third-order valence-corrected chi connectivity index (χ3v) is 4.75. The maximum Gasteiger partial charge on any atom is 0.306 e. The van der Waals surface area contributed by atoms with Crippen LogP contribution in [0, 0.1) is 0 Å². The second-order valence-corrected chi connectivity index (χ2v) is 8.97. The predicted octanol–water partition coefficient (Wildman–Crippen LogP) is 2.81. The number of nitrogens with zero attached hydrogens (tertiary/aromatic N) is 1. The largest absolute Gasteiger partial charge is 0.550 e. The maximum absolute atomic E-state index is 12.0. The molecule has 2 unspecified atom stereocenters. The van der Waals surface area contributed by atoms with Crippen molar-refractivity contribution in [3.8, 4) is 0 Å². The number of aliphatic hydroxyl groups excluding tert-OH is 1. The van der Waals surface area contributed by atoms with Crippen LogP contribution in [0.25, 0.3) is 0 Å². The number of ether oxygens (including phenoxy) is 1. The van der Waals surface area contributed by atoms with E-state index in [4.69, 9.17) is 4.74 Å². The molecule has 0 aliphatic heterocycles. The Hall–Kier alpha value is -1.14. The topological polar surface area (TPSA) is 86.7 Å². The Morgan fingerprint density at radius 2 is 1.46 bits per heavy atom. The summed E-state index contributed by atoms with van der Waals surface area (Å²) in [4.78, 5) is 22.8. The molecule has 0 spiro atoms. The summed E-state index contributed by atoms with van der Waals surface area (Å²) in [5.41, 5.74) is 0. The summed E-state index contributed by atoms with van der Waals surface area (Å²) in [5.74, 6) is -1.62. The van der Waals surface area contributed by atoms with Crippen LogP contribution in [0.2, 0.25) is 0 Å². The van der Waals surface area contributed by atoms with E-state index in [1.54, 1.807) is 0 Å². The fraction of sp³-hybridized carbons (Fsp3) is 0.909. The van der Waals surface area contributed by atoms with Gasteiger partial charge in [-0.1, -0.05) is 58.3 Å². The fourth-order valence-corrected chi connectivity index (χ4v) is 3.33. The van der Waals surface area contributed by atoms with Gasteiger partial charge in [0.2, 0.25) is 0 Å². The third kappa shape index (κ3) is 18.2. The average Bonchev–Trinajstić information content (AvgIpc) is 2.55. The number of unbranched alkanes of at least 4 members (excludes halogenated alkanes) is 7. The van der Waals surface area contributed by atoms with Gasteiger partial charge >= 0.3 is 5.97 Å². The number of hydrogen-bond donors (Lipinski definition) is 1. The molecule has 166 valence electrons. The second-order valence-electron chi connectivity index (χ2n) is 8.97. The lowest BCUT2D eigenvalue weighted by Gasteiger charge is -2.29. The van der Waals surface area contributed by atoms with Crippen molar-refractivity contribution >= 4 is 11.9 Å². The van der Waals surface area contributed by atoms with Crippen LogP contribution in [-0.4, -0.2) is 61.4 Å². The molecule has 2 atom stereocenters. The Morgan fingerprint density at radius 1 is 0.929 bits per heavy atom. The van der Waals surface area contributed by atoms with Gasteiger partial charge in [0.1, 0.15) is 6.54 Å². The van der Waals surface area contributed by atoms with E-state index in [0.29, 0.717) is 23.9 Å². The second kappa shape index (κ2) is 15.7. The predicted molar refractivity (Wildman–Crippen MR) is 109 cm³/mol. The molecule has 0 fully saturated rings. The molecule has 0 saturated carbocycles. The smallest absolute Gasteiger partial charge is 0.306 e. The number of aliphatic carboxylic acids is 1. The molecule has 0 aromatic carbocycles. The van der Waals surface area contributed by atoms with Crippen molar-refractivity contribution in [2.75, 3.05) is 27.7 Å². The van der Waals surface area contributed by atoms with Crippen molar-refractivity contribution < 1.29 is 29.0 Å². The Kier molecular flexibility index (Phi) is 15.1. The Balaban J connectivity index is 3.85. The first kappa shape index (κ1) is 26.9. The monoisotopic (exact) mass is 401 g/mol. The van der Waals surface area contributed by atoms with Gasteiger partial charge in [-0.3, -0.25) is 4.79 Å². The first-order valence-electron chi connectivity index (χ1n) is 11.0. The lowest BCUT2D eigenvalue weighted by molar-refractivity contribution is -0.873. The van der Waals surface area contributed by atoms with Crippen molar-refractivity contribution in [2.24, 2.45) is 0 Å². The van der Waals surface area contributed by atoms with Crippen molar-refractivity contribution in [1.29, 1.82) is 0 Å². The van der Waals surface area contributed by atoms with Gasteiger partial charge in [0.15, 0.2) is 6.10 Å². The molecule has 6 nitrogen and oxygen atoms in total.